The Morgan fingerprint density at radius 1 is 1.17 bits per heavy atom. The molecule has 3 atom stereocenters. The normalized spacial score (nSPS) is 30.7. The van der Waals surface area contributed by atoms with E-state index in [2.05, 4.69) is 31.4 Å². The number of thiophene rings is 2. The number of hydrogen-bond acceptors (Lipinski definition) is 3. The molecule has 1 fully saturated rings. The molecule has 0 saturated heterocycles. The van der Waals surface area contributed by atoms with Crippen molar-refractivity contribution < 1.29 is 0 Å². The molecular weight excluding hydrogens is 258 g/mol. The van der Waals surface area contributed by atoms with Crippen molar-refractivity contribution in [3.05, 3.63) is 22.4 Å². The van der Waals surface area contributed by atoms with E-state index in [0.29, 0.717) is 5.92 Å². The molecule has 0 aliphatic heterocycles. The highest BCUT2D eigenvalue weighted by molar-refractivity contribution is 7.26. The largest absolute Gasteiger partial charge is 0.323 e. The Bertz CT molecular complexity index is 489. The molecule has 3 rings (SSSR count). The van der Waals surface area contributed by atoms with Crippen molar-refractivity contribution >= 4 is 32.1 Å². The molecular formula is C15H21NS2. The summed E-state index contributed by atoms with van der Waals surface area (Å²) in [6.45, 7) is 4.75. The van der Waals surface area contributed by atoms with Crippen LogP contribution in [0.1, 0.15) is 44.0 Å². The average Bonchev–Trinajstić information content (AvgIpc) is 2.86. The van der Waals surface area contributed by atoms with E-state index in [1.54, 1.807) is 0 Å². The van der Waals surface area contributed by atoms with Gasteiger partial charge in [0, 0.05) is 20.3 Å². The summed E-state index contributed by atoms with van der Waals surface area (Å²) in [5, 5.41) is 2.17. The summed E-state index contributed by atoms with van der Waals surface area (Å²) in [5.74, 6) is 2.35. The zero-order valence-corrected chi connectivity index (χ0v) is 12.7. The zero-order chi connectivity index (χ0) is 12.7. The molecule has 1 aliphatic carbocycles. The predicted molar refractivity (Wildman–Crippen MR) is 82.3 cm³/mol. The topological polar surface area (TPSA) is 26.0 Å². The maximum absolute atomic E-state index is 6.53. The lowest BCUT2D eigenvalue weighted by Crippen LogP contribution is -2.28. The van der Waals surface area contributed by atoms with Crippen molar-refractivity contribution in [1.29, 1.82) is 0 Å². The van der Waals surface area contributed by atoms with Gasteiger partial charge in [0.05, 0.1) is 0 Å². The Balaban J connectivity index is 1.81. The molecule has 0 bridgehead atoms. The van der Waals surface area contributed by atoms with Crippen LogP contribution >= 0.6 is 22.7 Å². The van der Waals surface area contributed by atoms with Gasteiger partial charge in [0.15, 0.2) is 0 Å². The van der Waals surface area contributed by atoms with Crippen LogP contribution in [0.15, 0.2) is 17.5 Å². The van der Waals surface area contributed by atoms with E-state index >= 15 is 0 Å². The van der Waals surface area contributed by atoms with E-state index in [9.17, 15) is 0 Å². The summed E-state index contributed by atoms with van der Waals surface area (Å²) in [4.78, 5) is 1.39. The maximum Gasteiger partial charge on any atom is 0.0454 e. The summed E-state index contributed by atoms with van der Waals surface area (Å²) in [6, 6.07) is 4.78. The van der Waals surface area contributed by atoms with E-state index in [0.717, 1.165) is 11.8 Å². The quantitative estimate of drug-likeness (QED) is 0.819. The third kappa shape index (κ3) is 2.36. The van der Waals surface area contributed by atoms with Gasteiger partial charge in [-0.15, -0.1) is 22.7 Å². The van der Waals surface area contributed by atoms with Gasteiger partial charge in [0.2, 0.25) is 0 Å². The monoisotopic (exact) mass is 279 g/mol. The third-order valence-electron chi connectivity index (χ3n) is 4.21. The number of rotatable bonds is 2. The van der Waals surface area contributed by atoms with Crippen LogP contribution < -0.4 is 5.73 Å². The number of fused-ring (bicyclic) bond motifs is 1. The fraction of sp³-hybridized carbons (Fsp3) is 0.600. The number of hydrogen-bond donors (Lipinski definition) is 1. The van der Waals surface area contributed by atoms with Crippen molar-refractivity contribution in [2.75, 3.05) is 0 Å². The first kappa shape index (κ1) is 12.6. The molecule has 2 heterocycles. The fourth-order valence-electron chi connectivity index (χ4n) is 3.48. The van der Waals surface area contributed by atoms with Crippen molar-refractivity contribution in [3.63, 3.8) is 0 Å². The Labute approximate surface area is 117 Å². The summed E-state index contributed by atoms with van der Waals surface area (Å²) >= 11 is 3.72. The Morgan fingerprint density at radius 3 is 2.56 bits per heavy atom. The predicted octanol–water partition coefficient (Wildman–Crippen LogP) is 5.03. The highest BCUT2D eigenvalue weighted by atomic mass is 32.1. The Morgan fingerprint density at radius 2 is 1.89 bits per heavy atom. The van der Waals surface area contributed by atoms with E-state index in [1.807, 2.05) is 22.7 Å². The van der Waals surface area contributed by atoms with Crippen LogP contribution in [0, 0.1) is 17.8 Å². The standard InChI is InChI=1S/C15H21NS2/c1-9-5-10(2)7-11(6-9)15(16)14-8-13-12(18-14)3-4-17-13/h3-4,8-11,15H,5-7,16H2,1-2H3. The summed E-state index contributed by atoms with van der Waals surface area (Å²) in [6.07, 6.45) is 3.98. The minimum Gasteiger partial charge on any atom is -0.323 e. The third-order valence-corrected chi connectivity index (χ3v) is 6.40. The Kier molecular flexibility index (Phi) is 3.48. The van der Waals surface area contributed by atoms with Crippen LogP contribution in [-0.4, -0.2) is 0 Å². The van der Waals surface area contributed by atoms with Gasteiger partial charge in [0.25, 0.3) is 0 Å². The second-order valence-electron chi connectivity index (χ2n) is 6.00. The van der Waals surface area contributed by atoms with Gasteiger partial charge in [-0.2, -0.15) is 0 Å². The van der Waals surface area contributed by atoms with E-state index in [1.165, 1.54) is 33.5 Å². The molecule has 98 valence electrons. The van der Waals surface area contributed by atoms with Gasteiger partial charge < -0.3 is 5.73 Å². The molecule has 2 aromatic rings. The summed E-state index contributed by atoms with van der Waals surface area (Å²) in [5.41, 5.74) is 6.53. The van der Waals surface area contributed by atoms with Gasteiger partial charge in [-0.25, -0.2) is 0 Å². The van der Waals surface area contributed by atoms with Crippen molar-refractivity contribution in [3.8, 4) is 0 Å². The first-order valence-electron chi connectivity index (χ1n) is 6.86. The van der Waals surface area contributed by atoms with Gasteiger partial charge in [-0.3, -0.25) is 0 Å². The van der Waals surface area contributed by atoms with E-state index in [4.69, 9.17) is 5.73 Å². The van der Waals surface area contributed by atoms with E-state index in [-0.39, 0.29) is 6.04 Å². The first-order valence-corrected chi connectivity index (χ1v) is 8.55. The summed E-state index contributed by atoms with van der Waals surface area (Å²) in [7, 11) is 0. The fourth-order valence-corrected chi connectivity index (χ4v) is 5.70. The molecule has 2 N–H and O–H groups in total. The lowest BCUT2D eigenvalue weighted by Gasteiger charge is -2.34. The summed E-state index contributed by atoms with van der Waals surface area (Å²) < 4.78 is 2.81. The van der Waals surface area contributed by atoms with Gasteiger partial charge >= 0.3 is 0 Å². The molecule has 1 saturated carbocycles. The minimum absolute atomic E-state index is 0.250. The molecule has 2 aromatic heterocycles. The van der Waals surface area contributed by atoms with Crippen LogP contribution in [0.5, 0.6) is 0 Å². The van der Waals surface area contributed by atoms with Gasteiger partial charge in [0.1, 0.15) is 0 Å². The molecule has 0 spiro atoms. The molecule has 1 nitrogen and oxygen atoms in total. The van der Waals surface area contributed by atoms with Gasteiger partial charge in [-0.1, -0.05) is 13.8 Å². The molecule has 1 aliphatic rings. The smallest absolute Gasteiger partial charge is 0.0454 e. The van der Waals surface area contributed by atoms with Crippen molar-refractivity contribution in [2.45, 2.75) is 39.2 Å². The molecule has 0 radical (unpaired) electrons. The van der Waals surface area contributed by atoms with Crippen LogP contribution in [0.3, 0.4) is 0 Å². The van der Waals surface area contributed by atoms with Crippen LogP contribution in [0.4, 0.5) is 0 Å². The first-order chi connectivity index (χ1) is 8.63. The second kappa shape index (κ2) is 4.95. The molecule has 0 amide bonds. The van der Waals surface area contributed by atoms with Gasteiger partial charge in [-0.05, 0) is 54.5 Å². The van der Waals surface area contributed by atoms with Crippen LogP contribution in [0.2, 0.25) is 0 Å². The van der Waals surface area contributed by atoms with Crippen LogP contribution in [0.25, 0.3) is 9.40 Å². The second-order valence-corrected chi connectivity index (χ2v) is 8.06. The lowest BCUT2D eigenvalue weighted by atomic mass is 9.74. The van der Waals surface area contributed by atoms with Crippen LogP contribution in [-0.2, 0) is 0 Å². The molecule has 0 aromatic carbocycles. The molecule has 18 heavy (non-hydrogen) atoms. The SMILES string of the molecule is CC1CC(C)CC(C(N)c2cc3sccc3s2)C1. The Hall–Kier alpha value is -0.380. The molecule has 3 unspecified atom stereocenters. The van der Waals surface area contributed by atoms with E-state index < -0.39 is 0 Å². The van der Waals surface area contributed by atoms with Crippen molar-refractivity contribution in [1.82, 2.24) is 0 Å². The van der Waals surface area contributed by atoms with Crippen molar-refractivity contribution in [2.24, 2.45) is 23.5 Å². The molecule has 3 heteroatoms. The average molecular weight is 279 g/mol. The highest BCUT2D eigenvalue weighted by Gasteiger charge is 2.29. The number of nitrogens with two attached hydrogens (primary N) is 1. The highest BCUT2D eigenvalue weighted by Crippen LogP contribution is 2.42. The zero-order valence-electron chi connectivity index (χ0n) is 11.1. The maximum atomic E-state index is 6.53. The minimum atomic E-state index is 0.250. The lowest BCUT2D eigenvalue weighted by molar-refractivity contribution is 0.194.